The lowest BCUT2D eigenvalue weighted by molar-refractivity contribution is -0.133. The minimum atomic E-state index is 0.355. The van der Waals surface area contributed by atoms with Crippen LogP contribution in [0.5, 0.6) is 0 Å². The number of aromatic amines is 1. The van der Waals surface area contributed by atoms with E-state index in [1.807, 2.05) is 12.4 Å². The first-order chi connectivity index (χ1) is 13.6. The summed E-state index contributed by atoms with van der Waals surface area (Å²) in [6.45, 7) is 5.22. The minimum absolute atomic E-state index is 0.355. The maximum Gasteiger partial charge on any atom is 0.223 e. The molecular weight excluding hydrogens is 350 g/mol. The van der Waals surface area contributed by atoms with Gasteiger partial charge in [-0.2, -0.15) is 5.10 Å². The van der Waals surface area contributed by atoms with Gasteiger partial charge in [0.05, 0.1) is 23.6 Å². The average molecular weight is 377 g/mol. The van der Waals surface area contributed by atoms with Crippen LogP contribution in [0.15, 0.2) is 36.9 Å². The Balaban J connectivity index is 1.35. The summed E-state index contributed by atoms with van der Waals surface area (Å²) in [6, 6.07) is 5.14. The molecule has 2 bridgehead atoms. The molecule has 2 aliphatic heterocycles. The van der Waals surface area contributed by atoms with Crippen LogP contribution in [0.3, 0.4) is 0 Å². The van der Waals surface area contributed by atoms with Gasteiger partial charge >= 0.3 is 0 Å². The second-order valence-corrected chi connectivity index (χ2v) is 8.78. The molecule has 2 saturated heterocycles. The van der Waals surface area contributed by atoms with E-state index in [1.165, 1.54) is 11.8 Å². The van der Waals surface area contributed by atoms with Gasteiger partial charge in [-0.1, -0.05) is 13.8 Å². The Morgan fingerprint density at radius 3 is 3.00 bits per heavy atom. The number of nitrogens with zero attached hydrogens (tertiary/aromatic N) is 4. The van der Waals surface area contributed by atoms with Crippen molar-refractivity contribution in [2.45, 2.75) is 58.2 Å². The van der Waals surface area contributed by atoms with E-state index in [1.54, 1.807) is 6.20 Å². The Labute approximate surface area is 164 Å². The number of aromatic nitrogens is 4. The highest BCUT2D eigenvalue weighted by molar-refractivity contribution is 5.83. The summed E-state index contributed by atoms with van der Waals surface area (Å²) < 4.78 is 2.32. The molecule has 146 valence electrons. The second kappa shape index (κ2) is 6.76. The van der Waals surface area contributed by atoms with E-state index < -0.39 is 0 Å². The third-order valence-electron chi connectivity index (χ3n) is 6.42. The van der Waals surface area contributed by atoms with Crippen molar-refractivity contribution in [3.05, 3.63) is 36.9 Å². The highest BCUT2D eigenvalue weighted by Gasteiger charge is 2.48. The van der Waals surface area contributed by atoms with Crippen molar-refractivity contribution in [1.82, 2.24) is 24.6 Å². The molecule has 5 rings (SSSR count). The van der Waals surface area contributed by atoms with Crippen molar-refractivity contribution >= 4 is 16.8 Å². The van der Waals surface area contributed by atoms with Gasteiger partial charge in [0, 0.05) is 48.4 Å². The number of hydrogen-bond acceptors (Lipinski definition) is 3. The Kier molecular flexibility index (Phi) is 4.22. The molecule has 28 heavy (non-hydrogen) atoms. The van der Waals surface area contributed by atoms with E-state index in [4.69, 9.17) is 0 Å². The summed E-state index contributed by atoms with van der Waals surface area (Å²) >= 11 is 0. The van der Waals surface area contributed by atoms with Crippen LogP contribution in [0.4, 0.5) is 0 Å². The third kappa shape index (κ3) is 2.91. The highest BCUT2D eigenvalue weighted by Crippen LogP contribution is 2.43. The van der Waals surface area contributed by atoms with Crippen LogP contribution in [0.25, 0.3) is 22.2 Å². The number of hydrogen-bond donors (Lipinski definition) is 1. The Bertz CT molecular complexity index is 990. The van der Waals surface area contributed by atoms with Crippen molar-refractivity contribution in [3.8, 4) is 11.3 Å². The largest absolute Gasteiger partial charge is 0.346 e. The molecule has 6 heteroatoms. The number of amides is 1. The fourth-order valence-corrected chi connectivity index (χ4v) is 5.20. The van der Waals surface area contributed by atoms with Crippen molar-refractivity contribution in [2.75, 3.05) is 0 Å². The van der Waals surface area contributed by atoms with Crippen LogP contribution in [-0.4, -0.2) is 42.6 Å². The predicted molar refractivity (Wildman–Crippen MR) is 109 cm³/mol. The zero-order valence-electron chi connectivity index (χ0n) is 16.5. The Hall–Kier alpha value is -2.63. The van der Waals surface area contributed by atoms with Gasteiger partial charge in [0.25, 0.3) is 0 Å². The van der Waals surface area contributed by atoms with E-state index in [-0.39, 0.29) is 0 Å². The fourth-order valence-electron chi connectivity index (χ4n) is 5.20. The SMILES string of the molecule is CC(C)CC(=O)N1C2CCC1C(Cn1ccc3cc(-c4cn[nH]c4)ncc31)C2. The summed E-state index contributed by atoms with van der Waals surface area (Å²) in [5.74, 6) is 1.32. The monoisotopic (exact) mass is 377 g/mol. The summed E-state index contributed by atoms with van der Waals surface area (Å²) in [5.41, 5.74) is 3.10. The normalized spacial score (nSPS) is 24.0. The Morgan fingerprint density at radius 2 is 2.21 bits per heavy atom. The summed E-state index contributed by atoms with van der Waals surface area (Å²) in [4.78, 5) is 19.6. The number of H-pyrrole nitrogens is 1. The second-order valence-electron chi connectivity index (χ2n) is 8.78. The van der Waals surface area contributed by atoms with E-state index in [0.717, 1.165) is 36.2 Å². The fraction of sp³-hybridized carbons (Fsp3) is 0.500. The standard InChI is InChI=1S/C22H27N5O/c1-14(2)7-22(28)27-18-3-4-20(27)16(8-18)13-26-6-5-15-9-19(23-12-21(15)26)17-10-24-25-11-17/h5-6,9-12,14,16,18,20H,3-4,7-8,13H2,1-2H3,(H,24,25). The molecule has 1 N–H and O–H groups in total. The lowest BCUT2D eigenvalue weighted by Crippen LogP contribution is -2.37. The molecule has 5 heterocycles. The summed E-state index contributed by atoms with van der Waals surface area (Å²) in [6.07, 6.45) is 11.9. The molecule has 0 spiro atoms. The van der Waals surface area contributed by atoms with Crippen LogP contribution < -0.4 is 0 Å². The van der Waals surface area contributed by atoms with Gasteiger partial charge in [0.1, 0.15) is 0 Å². The summed E-state index contributed by atoms with van der Waals surface area (Å²) in [7, 11) is 0. The smallest absolute Gasteiger partial charge is 0.223 e. The highest BCUT2D eigenvalue weighted by atomic mass is 16.2. The van der Waals surface area contributed by atoms with Gasteiger partial charge in [-0.25, -0.2) is 0 Å². The number of rotatable bonds is 5. The zero-order chi connectivity index (χ0) is 19.3. The van der Waals surface area contributed by atoms with Gasteiger partial charge in [-0.3, -0.25) is 14.9 Å². The number of carbonyl (C=O) groups excluding carboxylic acids is 1. The molecule has 0 aromatic carbocycles. The molecule has 3 atom stereocenters. The lowest BCUT2D eigenvalue weighted by Gasteiger charge is -2.25. The number of pyridine rings is 1. The number of carbonyl (C=O) groups is 1. The molecule has 1 amide bonds. The van der Waals surface area contributed by atoms with Crippen molar-refractivity contribution in [2.24, 2.45) is 11.8 Å². The maximum absolute atomic E-state index is 12.7. The average Bonchev–Trinajstić information content (AvgIpc) is 3.45. The minimum Gasteiger partial charge on any atom is -0.346 e. The van der Waals surface area contributed by atoms with E-state index in [0.29, 0.717) is 36.2 Å². The van der Waals surface area contributed by atoms with Gasteiger partial charge in [-0.15, -0.1) is 0 Å². The first-order valence-electron chi connectivity index (χ1n) is 10.4. The van der Waals surface area contributed by atoms with Crippen LogP contribution >= 0.6 is 0 Å². The molecular formula is C22H27N5O. The van der Waals surface area contributed by atoms with Gasteiger partial charge in [0.2, 0.25) is 5.91 Å². The first-order valence-corrected chi connectivity index (χ1v) is 10.4. The first kappa shape index (κ1) is 17.5. The van der Waals surface area contributed by atoms with E-state index >= 15 is 0 Å². The molecule has 2 aliphatic rings. The molecule has 3 aromatic rings. The molecule has 0 aliphatic carbocycles. The van der Waals surface area contributed by atoms with Crippen LogP contribution in [0.1, 0.15) is 39.5 Å². The van der Waals surface area contributed by atoms with Crippen molar-refractivity contribution in [1.29, 1.82) is 0 Å². The van der Waals surface area contributed by atoms with Gasteiger partial charge in [-0.05, 0) is 43.2 Å². The van der Waals surface area contributed by atoms with Gasteiger partial charge in [0.15, 0.2) is 0 Å². The molecule has 6 nitrogen and oxygen atoms in total. The number of fused-ring (bicyclic) bond motifs is 3. The van der Waals surface area contributed by atoms with Crippen LogP contribution in [-0.2, 0) is 11.3 Å². The third-order valence-corrected chi connectivity index (χ3v) is 6.42. The molecule has 3 aromatic heterocycles. The van der Waals surface area contributed by atoms with Crippen LogP contribution in [0, 0.1) is 11.8 Å². The zero-order valence-corrected chi connectivity index (χ0v) is 16.5. The lowest BCUT2D eigenvalue weighted by atomic mass is 9.89. The van der Waals surface area contributed by atoms with Crippen molar-refractivity contribution < 1.29 is 4.79 Å². The molecule has 0 saturated carbocycles. The molecule has 3 unspecified atom stereocenters. The molecule has 2 fully saturated rings. The van der Waals surface area contributed by atoms with E-state index in [2.05, 4.69) is 56.8 Å². The van der Waals surface area contributed by atoms with Crippen LogP contribution in [0.2, 0.25) is 0 Å². The number of nitrogens with one attached hydrogen (secondary N) is 1. The maximum atomic E-state index is 12.7. The summed E-state index contributed by atoms with van der Waals surface area (Å²) in [5, 5.41) is 8.05. The predicted octanol–water partition coefficient (Wildman–Crippen LogP) is 3.85. The molecule has 0 radical (unpaired) electrons. The van der Waals surface area contributed by atoms with Crippen molar-refractivity contribution in [3.63, 3.8) is 0 Å². The topological polar surface area (TPSA) is 66.8 Å². The Morgan fingerprint density at radius 1 is 1.32 bits per heavy atom. The van der Waals surface area contributed by atoms with E-state index in [9.17, 15) is 4.79 Å². The van der Waals surface area contributed by atoms with Gasteiger partial charge < -0.3 is 9.47 Å². The quantitative estimate of drug-likeness (QED) is 0.734.